The van der Waals surface area contributed by atoms with Crippen LogP contribution in [0.4, 0.5) is 0 Å². The molecular weight excluding hydrogens is 398 g/mol. The van der Waals surface area contributed by atoms with Gasteiger partial charge in [-0.1, -0.05) is 41.9 Å². The summed E-state index contributed by atoms with van der Waals surface area (Å²) in [4.78, 5) is 20.1. The molecule has 2 atom stereocenters. The molecule has 6 heteroatoms. The van der Waals surface area contributed by atoms with Crippen molar-refractivity contribution in [3.8, 4) is 5.75 Å². The molecule has 5 nitrogen and oxygen atoms in total. The third-order valence-electron chi connectivity index (χ3n) is 5.41. The van der Waals surface area contributed by atoms with E-state index in [-0.39, 0.29) is 18.6 Å². The number of aromatic amines is 1. The number of rotatable bonds is 6. The number of pyridine rings is 1. The summed E-state index contributed by atoms with van der Waals surface area (Å²) in [5.41, 5.74) is 3.42. The lowest BCUT2D eigenvalue weighted by Gasteiger charge is -2.10. The molecule has 2 aromatic carbocycles. The zero-order valence-electron chi connectivity index (χ0n) is 16.1. The average Bonchev–Trinajstić information content (AvgIpc) is 3.38. The Hall–Kier alpha value is -3.31. The first-order valence-corrected chi connectivity index (χ1v) is 10.3. The lowest BCUT2D eigenvalue weighted by Crippen LogP contribution is -2.26. The van der Waals surface area contributed by atoms with Crippen molar-refractivity contribution < 1.29 is 9.53 Å². The largest absolute Gasteiger partial charge is 0.487 e. The number of nitrogens with one attached hydrogen (secondary N) is 2. The van der Waals surface area contributed by atoms with Crippen molar-refractivity contribution in [2.75, 3.05) is 0 Å². The molecule has 0 spiro atoms. The van der Waals surface area contributed by atoms with Crippen molar-refractivity contribution >= 4 is 28.5 Å². The van der Waals surface area contributed by atoms with Crippen molar-refractivity contribution in [2.45, 2.75) is 25.0 Å². The number of hydrogen-bond donors (Lipinski definition) is 2. The molecule has 0 aliphatic heterocycles. The second kappa shape index (κ2) is 7.84. The Kier molecular flexibility index (Phi) is 4.89. The normalized spacial score (nSPS) is 17.6. The molecule has 30 heavy (non-hydrogen) atoms. The maximum absolute atomic E-state index is 12.7. The summed E-state index contributed by atoms with van der Waals surface area (Å²) in [5.74, 6) is 0.949. The van der Waals surface area contributed by atoms with E-state index in [4.69, 9.17) is 16.3 Å². The quantitative estimate of drug-likeness (QED) is 0.459. The van der Waals surface area contributed by atoms with Gasteiger partial charge in [-0.25, -0.2) is 4.98 Å². The summed E-state index contributed by atoms with van der Waals surface area (Å²) < 4.78 is 5.86. The van der Waals surface area contributed by atoms with Gasteiger partial charge >= 0.3 is 0 Å². The number of hydrogen-bond acceptors (Lipinski definition) is 3. The molecule has 0 bridgehead atoms. The fourth-order valence-electron chi connectivity index (χ4n) is 3.66. The minimum Gasteiger partial charge on any atom is -0.487 e. The van der Waals surface area contributed by atoms with E-state index >= 15 is 0 Å². The van der Waals surface area contributed by atoms with Gasteiger partial charge in [-0.2, -0.15) is 0 Å². The van der Waals surface area contributed by atoms with Gasteiger partial charge < -0.3 is 15.0 Å². The summed E-state index contributed by atoms with van der Waals surface area (Å²) >= 11 is 6.33. The zero-order valence-corrected chi connectivity index (χ0v) is 16.9. The van der Waals surface area contributed by atoms with Gasteiger partial charge in [0.25, 0.3) is 5.91 Å². The summed E-state index contributed by atoms with van der Waals surface area (Å²) in [7, 11) is 0. The third-order valence-corrected chi connectivity index (χ3v) is 5.78. The number of carbonyl (C=O) groups excluding carboxylic acids is 1. The Morgan fingerprint density at radius 2 is 2.03 bits per heavy atom. The van der Waals surface area contributed by atoms with E-state index in [2.05, 4.69) is 27.4 Å². The summed E-state index contributed by atoms with van der Waals surface area (Å²) in [6, 6.07) is 19.6. The van der Waals surface area contributed by atoms with Crippen LogP contribution in [0.5, 0.6) is 5.75 Å². The molecular formula is C24H20ClN3O2. The van der Waals surface area contributed by atoms with E-state index < -0.39 is 0 Å². The zero-order chi connectivity index (χ0) is 20.5. The predicted octanol–water partition coefficient (Wildman–Crippen LogP) is 5.08. The van der Waals surface area contributed by atoms with Crippen LogP contribution in [0.25, 0.3) is 11.0 Å². The number of aromatic nitrogens is 2. The standard InChI is InChI=1S/C24H20ClN3O2/c25-21-7-6-17(24(29)28-22-12-20(22)15-4-2-1-3-5-15)10-18(21)14-30-19-11-16-8-9-26-23(16)27-13-19/h1-11,13,20,22H,12,14H2,(H,26,27)(H,28,29). The number of fused-ring (bicyclic) bond motifs is 1. The van der Waals surface area contributed by atoms with Crippen LogP contribution >= 0.6 is 11.6 Å². The predicted molar refractivity (Wildman–Crippen MR) is 117 cm³/mol. The van der Waals surface area contributed by atoms with Crippen LogP contribution in [0.1, 0.15) is 33.8 Å². The highest BCUT2D eigenvalue weighted by atomic mass is 35.5. The van der Waals surface area contributed by atoms with Gasteiger partial charge in [-0.05, 0) is 42.3 Å². The Labute approximate surface area is 179 Å². The Bertz CT molecular complexity index is 1210. The van der Waals surface area contributed by atoms with Crippen molar-refractivity contribution in [3.05, 3.63) is 94.8 Å². The number of carbonyl (C=O) groups is 1. The first-order chi connectivity index (χ1) is 14.7. The molecule has 0 radical (unpaired) electrons. The van der Waals surface area contributed by atoms with Gasteiger partial charge in [-0.3, -0.25) is 4.79 Å². The van der Waals surface area contributed by atoms with Crippen molar-refractivity contribution in [2.24, 2.45) is 0 Å². The minimum absolute atomic E-state index is 0.0910. The molecule has 1 saturated carbocycles. The summed E-state index contributed by atoms with van der Waals surface area (Å²) in [5, 5.41) is 4.66. The molecule has 1 fully saturated rings. The number of benzene rings is 2. The second-order valence-electron chi connectivity index (χ2n) is 7.51. The maximum atomic E-state index is 12.7. The molecule has 5 rings (SSSR count). The third kappa shape index (κ3) is 3.89. The molecule has 0 saturated heterocycles. The smallest absolute Gasteiger partial charge is 0.251 e. The molecule has 2 unspecified atom stereocenters. The van der Waals surface area contributed by atoms with E-state index in [0.717, 1.165) is 23.0 Å². The fourth-order valence-corrected chi connectivity index (χ4v) is 3.83. The topological polar surface area (TPSA) is 67.0 Å². The van der Waals surface area contributed by atoms with E-state index in [9.17, 15) is 4.79 Å². The number of amides is 1. The second-order valence-corrected chi connectivity index (χ2v) is 7.92. The van der Waals surface area contributed by atoms with Gasteiger partial charge in [0.15, 0.2) is 0 Å². The molecule has 2 heterocycles. The Morgan fingerprint density at radius 1 is 1.17 bits per heavy atom. The van der Waals surface area contributed by atoms with Gasteiger partial charge in [0.2, 0.25) is 0 Å². The van der Waals surface area contributed by atoms with Crippen LogP contribution in [0.2, 0.25) is 5.02 Å². The van der Waals surface area contributed by atoms with Crippen molar-refractivity contribution in [1.29, 1.82) is 0 Å². The first kappa shape index (κ1) is 18.7. The molecule has 1 aliphatic carbocycles. The number of halogens is 1. The fraction of sp³-hybridized carbons (Fsp3) is 0.167. The van der Waals surface area contributed by atoms with Crippen molar-refractivity contribution in [1.82, 2.24) is 15.3 Å². The van der Waals surface area contributed by atoms with Gasteiger partial charge in [0.1, 0.15) is 18.0 Å². The average molecular weight is 418 g/mol. The lowest BCUT2D eigenvalue weighted by molar-refractivity contribution is 0.0950. The van der Waals surface area contributed by atoms with Crippen molar-refractivity contribution in [3.63, 3.8) is 0 Å². The maximum Gasteiger partial charge on any atom is 0.251 e. The van der Waals surface area contributed by atoms with Crippen LogP contribution in [0.15, 0.2) is 73.1 Å². The molecule has 4 aromatic rings. The van der Waals surface area contributed by atoms with Gasteiger partial charge in [0, 0.05) is 39.7 Å². The highest BCUT2D eigenvalue weighted by Gasteiger charge is 2.39. The lowest BCUT2D eigenvalue weighted by atomic mass is 10.1. The van der Waals surface area contributed by atoms with E-state index in [1.165, 1.54) is 5.56 Å². The number of H-pyrrole nitrogens is 1. The number of nitrogens with zero attached hydrogens (tertiary/aromatic N) is 1. The van der Waals surface area contributed by atoms with Gasteiger partial charge in [0.05, 0.1) is 6.20 Å². The summed E-state index contributed by atoms with van der Waals surface area (Å²) in [6.07, 6.45) is 4.47. The number of ether oxygens (including phenoxy) is 1. The van der Waals surface area contributed by atoms with E-state index in [1.54, 1.807) is 24.4 Å². The van der Waals surface area contributed by atoms with Crippen LogP contribution in [-0.2, 0) is 6.61 Å². The van der Waals surface area contributed by atoms with Crippen LogP contribution in [-0.4, -0.2) is 21.9 Å². The van der Waals surface area contributed by atoms with Crippen LogP contribution < -0.4 is 10.1 Å². The highest BCUT2D eigenvalue weighted by Crippen LogP contribution is 2.40. The highest BCUT2D eigenvalue weighted by molar-refractivity contribution is 6.31. The molecule has 1 aliphatic rings. The van der Waals surface area contributed by atoms with E-state index in [1.807, 2.05) is 36.5 Å². The first-order valence-electron chi connectivity index (χ1n) is 9.87. The minimum atomic E-state index is -0.0910. The SMILES string of the molecule is O=C(NC1CC1c1ccccc1)c1ccc(Cl)c(COc2cnc3[nH]ccc3c2)c1. The molecule has 1 amide bonds. The Balaban J connectivity index is 1.24. The van der Waals surface area contributed by atoms with Crippen LogP contribution in [0, 0.1) is 0 Å². The molecule has 2 N–H and O–H groups in total. The molecule has 2 aromatic heterocycles. The monoisotopic (exact) mass is 417 g/mol. The van der Waals surface area contributed by atoms with Gasteiger partial charge in [-0.15, -0.1) is 0 Å². The van der Waals surface area contributed by atoms with E-state index in [0.29, 0.717) is 22.3 Å². The Morgan fingerprint density at radius 3 is 2.90 bits per heavy atom. The molecule has 150 valence electrons. The summed E-state index contributed by atoms with van der Waals surface area (Å²) in [6.45, 7) is 0.258. The van der Waals surface area contributed by atoms with Crippen LogP contribution in [0.3, 0.4) is 0 Å².